The SMILES string of the molecule is COCCN(CCOC)CCC(=O)N1C/C(=C/c2ccc(F)c(F)c2)C/C(=C\c2ccc(F)c(F)c2)C1. The zero-order valence-electron chi connectivity index (χ0n) is 21.1. The molecule has 1 aliphatic heterocycles. The number of carbonyl (C=O) groups is 1. The van der Waals surface area contributed by atoms with E-state index in [9.17, 15) is 22.4 Å². The minimum atomic E-state index is -0.956. The number of amides is 1. The number of benzene rings is 2. The predicted molar refractivity (Wildman–Crippen MR) is 135 cm³/mol. The fourth-order valence-corrected chi connectivity index (χ4v) is 4.18. The van der Waals surface area contributed by atoms with E-state index >= 15 is 0 Å². The van der Waals surface area contributed by atoms with Crippen LogP contribution in [0.25, 0.3) is 12.2 Å². The molecular weight excluding hydrogens is 488 g/mol. The Labute approximate surface area is 215 Å². The van der Waals surface area contributed by atoms with Gasteiger partial charge in [-0.15, -0.1) is 0 Å². The fourth-order valence-electron chi connectivity index (χ4n) is 4.18. The minimum absolute atomic E-state index is 0.0769. The quantitative estimate of drug-likeness (QED) is 0.394. The van der Waals surface area contributed by atoms with Gasteiger partial charge in [-0.3, -0.25) is 9.69 Å². The normalized spacial score (nSPS) is 16.2. The van der Waals surface area contributed by atoms with Crippen LogP contribution in [-0.4, -0.2) is 75.9 Å². The summed E-state index contributed by atoms with van der Waals surface area (Å²) in [5, 5.41) is 0. The second kappa shape index (κ2) is 14.1. The van der Waals surface area contributed by atoms with E-state index in [0.29, 0.717) is 63.5 Å². The highest BCUT2D eigenvalue weighted by molar-refractivity contribution is 5.78. The third-order valence-electron chi connectivity index (χ3n) is 6.09. The molecule has 0 spiro atoms. The third-order valence-corrected chi connectivity index (χ3v) is 6.09. The molecule has 2 aromatic carbocycles. The third kappa shape index (κ3) is 8.80. The minimum Gasteiger partial charge on any atom is -0.383 e. The standard InChI is InChI=1S/C28H32F4N2O3/c1-36-11-9-33(10-12-37-2)8-7-28(35)34-18-22(13-20-3-5-24(29)26(31)16-20)15-23(19-34)14-21-4-6-25(30)27(32)17-21/h3-6,13-14,16-17H,7-12,15,18-19H2,1-2H3/b22-13+,23-14+. The molecular formula is C28H32F4N2O3. The lowest BCUT2D eigenvalue weighted by atomic mass is 9.95. The van der Waals surface area contributed by atoms with Crippen molar-refractivity contribution in [2.45, 2.75) is 12.8 Å². The topological polar surface area (TPSA) is 42.0 Å². The van der Waals surface area contributed by atoms with Gasteiger partial charge in [-0.25, -0.2) is 17.6 Å². The monoisotopic (exact) mass is 520 g/mol. The van der Waals surface area contributed by atoms with Gasteiger partial charge in [0.25, 0.3) is 0 Å². The summed E-state index contributed by atoms with van der Waals surface area (Å²) in [4.78, 5) is 17.0. The number of hydrogen-bond donors (Lipinski definition) is 0. The molecule has 9 heteroatoms. The average Bonchev–Trinajstić information content (AvgIpc) is 2.87. The Balaban J connectivity index is 1.81. The summed E-state index contributed by atoms with van der Waals surface area (Å²) in [6, 6.07) is 7.25. The van der Waals surface area contributed by atoms with E-state index in [0.717, 1.165) is 35.4 Å². The second-order valence-corrected chi connectivity index (χ2v) is 8.96. The van der Waals surface area contributed by atoms with Gasteiger partial charge < -0.3 is 14.4 Å². The molecule has 1 heterocycles. The van der Waals surface area contributed by atoms with Gasteiger partial charge in [-0.05, 0) is 53.0 Å². The van der Waals surface area contributed by atoms with Crippen molar-refractivity contribution in [3.63, 3.8) is 0 Å². The Morgan fingerprint density at radius 1 is 0.811 bits per heavy atom. The van der Waals surface area contributed by atoms with Crippen molar-refractivity contribution in [3.8, 4) is 0 Å². The Morgan fingerprint density at radius 3 is 1.73 bits per heavy atom. The summed E-state index contributed by atoms with van der Waals surface area (Å²) in [7, 11) is 3.24. The Morgan fingerprint density at radius 2 is 1.30 bits per heavy atom. The average molecular weight is 521 g/mol. The van der Waals surface area contributed by atoms with Crippen LogP contribution in [0.4, 0.5) is 17.6 Å². The number of methoxy groups -OCH3 is 2. The summed E-state index contributed by atoms with van der Waals surface area (Å²) in [5.74, 6) is -3.86. The Kier molecular flexibility index (Phi) is 10.9. The number of rotatable bonds is 11. The molecule has 0 radical (unpaired) electrons. The summed E-state index contributed by atoms with van der Waals surface area (Å²) in [5.41, 5.74) is 2.58. The second-order valence-electron chi connectivity index (χ2n) is 8.96. The molecule has 0 N–H and O–H groups in total. The number of halogens is 4. The van der Waals surface area contributed by atoms with Crippen LogP contribution in [0.1, 0.15) is 24.0 Å². The first-order valence-electron chi connectivity index (χ1n) is 12.1. The van der Waals surface area contributed by atoms with E-state index in [-0.39, 0.29) is 12.3 Å². The van der Waals surface area contributed by atoms with Crippen LogP contribution in [0, 0.1) is 23.3 Å². The smallest absolute Gasteiger partial charge is 0.224 e. The van der Waals surface area contributed by atoms with Crippen LogP contribution < -0.4 is 0 Å². The van der Waals surface area contributed by atoms with E-state index in [1.807, 2.05) is 0 Å². The van der Waals surface area contributed by atoms with Crippen LogP contribution in [-0.2, 0) is 14.3 Å². The number of ether oxygens (including phenoxy) is 2. The molecule has 0 bridgehead atoms. The summed E-state index contributed by atoms with van der Waals surface area (Å²) >= 11 is 0. The van der Waals surface area contributed by atoms with Gasteiger partial charge in [0.05, 0.1) is 13.2 Å². The van der Waals surface area contributed by atoms with Crippen LogP contribution in [0.5, 0.6) is 0 Å². The first kappa shape index (κ1) is 28.6. The van der Waals surface area contributed by atoms with E-state index in [4.69, 9.17) is 9.47 Å². The van der Waals surface area contributed by atoms with Gasteiger partial charge in [0, 0.05) is 53.4 Å². The number of piperidine rings is 1. The summed E-state index contributed by atoms with van der Waals surface area (Å²) in [6.07, 6.45) is 4.18. The van der Waals surface area contributed by atoms with Gasteiger partial charge in [-0.2, -0.15) is 0 Å². The van der Waals surface area contributed by atoms with Crippen molar-refractivity contribution in [1.29, 1.82) is 0 Å². The zero-order valence-corrected chi connectivity index (χ0v) is 21.1. The Bertz CT molecular complexity index is 1060. The van der Waals surface area contributed by atoms with Crippen molar-refractivity contribution in [2.24, 2.45) is 0 Å². The molecule has 0 aromatic heterocycles. The van der Waals surface area contributed by atoms with Crippen molar-refractivity contribution < 1.29 is 31.8 Å². The molecule has 1 saturated heterocycles. The molecule has 1 amide bonds. The fraction of sp³-hybridized carbons (Fsp3) is 0.393. The number of likely N-dealkylation sites (tertiary alicyclic amines) is 1. The number of nitrogens with zero attached hydrogens (tertiary/aromatic N) is 2. The van der Waals surface area contributed by atoms with Gasteiger partial charge in [0.1, 0.15) is 0 Å². The molecule has 2 aromatic rings. The van der Waals surface area contributed by atoms with Crippen molar-refractivity contribution in [3.05, 3.63) is 81.9 Å². The molecule has 3 rings (SSSR count). The van der Waals surface area contributed by atoms with Crippen LogP contribution in [0.15, 0.2) is 47.5 Å². The zero-order chi connectivity index (χ0) is 26.8. The lowest BCUT2D eigenvalue weighted by Gasteiger charge is -2.32. The number of carbonyl (C=O) groups excluding carboxylic acids is 1. The van der Waals surface area contributed by atoms with Crippen molar-refractivity contribution >= 4 is 18.1 Å². The van der Waals surface area contributed by atoms with Crippen LogP contribution in [0.2, 0.25) is 0 Å². The first-order valence-corrected chi connectivity index (χ1v) is 12.1. The highest BCUT2D eigenvalue weighted by atomic mass is 19.2. The molecule has 37 heavy (non-hydrogen) atoms. The molecule has 0 aliphatic carbocycles. The lowest BCUT2D eigenvalue weighted by molar-refractivity contribution is -0.131. The Hall–Kier alpha value is -3.01. The molecule has 0 atom stereocenters. The number of hydrogen-bond acceptors (Lipinski definition) is 4. The maximum atomic E-state index is 13.8. The summed E-state index contributed by atoms with van der Waals surface area (Å²) < 4.78 is 64.6. The molecule has 1 fully saturated rings. The van der Waals surface area contributed by atoms with Gasteiger partial charge in [0.15, 0.2) is 23.3 Å². The molecule has 200 valence electrons. The largest absolute Gasteiger partial charge is 0.383 e. The molecule has 1 aliphatic rings. The molecule has 5 nitrogen and oxygen atoms in total. The lowest BCUT2D eigenvalue weighted by Crippen LogP contribution is -2.40. The van der Waals surface area contributed by atoms with E-state index < -0.39 is 23.3 Å². The maximum absolute atomic E-state index is 13.8. The van der Waals surface area contributed by atoms with E-state index in [1.165, 1.54) is 12.1 Å². The first-order chi connectivity index (χ1) is 17.8. The van der Waals surface area contributed by atoms with E-state index in [1.54, 1.807) is 31.3 Å². The molecule has 0 saturated carbocycles. The van der Waals surface area contributed by atoms with Crippen molar-refractivity contribution in [2.75, 3.05) is 60.2 Å². The maximum Gasteiger partial charge on any atom is 0.224 e. The summed E-state index contributed by atoms with van der Waals surface area (Å²) in [6.45, 7) is 3.55. The van der Waals surface area contributed by atoms with Gasteiger partial charge >= 0.3 is 0 Å². The van der Waals surface area contributed by atoms with Crippen LogP contribution in [0.3, 0.4) is 0 Å². The molecule has 0 unspecified atom stereocenters. The van der Waals surface area contributed by atoms with Gasteiger partial charge in [0.2, 0.25) is 5.91 Å². The van der Waals surface area contributed by atoms with Crippen LogP contribution >= 0.6 is 0 Å². The predicted octanol–water partition coefficient (Wildman–Crippen LogP) is 4.93. The highest BCUT2D eigenvalue weighted by Gasteiger charge is 2.23. The van der Waals surface area contributed by atoms with Crippen molar-refractivity contribution in [1.82, 2.24) is 9.80 Å². The highest BCUT2D eigenvalue weighted by Crippen LogP contribution is 2.26. The van der Waals surface area contributed by atoms with E-state index in [2.05, 4.69) is 4.90 Å². The van der Waals surface area contributed by atoms with Gasteiger partial charge in [-0.1, -0.05) is 24.3 Å².